The summed E-state index contributed by atoms with van der Waals surface area (Å²) in [5.41, 5.74) is 1.81. The van der Waals surface area contributed by atoms with Gasteiger partial charge < -0.3 is 10.2 Å². The molecule has 0 radical (unpaired) electrons. The maximum absolute atomic E-state index is 16.1. The van der Waals surface area contributed by atoms with E-state index in [4.69, 9.17) is 0 Å². The number of phenolic OH excluding ortho intramolecular Hbond substituents is 2. The molecule has 200 valence electrons. The highest BCUT2D eigenvalue weighted by Gasteiger charge is 2.44. The Hall–Kier alpha value is -5.22. The van der Waals surface area contributed by atoms with E-state index in [1.54, 1.807) is 72.8 Å². The lowest BCUT2D eigenvalue weighted by molar-refractivity contribution is 0.408. The van der Waals surface area contributed by atoms with Crippen LogP contribution in [0.2, 0.25) is 0 Å². The fourth-order valence-electron chi connectivity index (χ4n) is 5.73. The smallest absolute Gasteiger partial charge is 0.172 e. The molecule has 0 bridgehead atoms. The summed E-state index contributed by atoms with van der Waals surface area (Å²) in [6.45, 7) is 0. The van der Waals surface area contributed by atoms with Crippen molar-refractivity contribution < 1.29 is 19.0 Å². The van der Waals surface area contributed by atoms with E-state index in [2.05, 4.69) is 0 Å². The van der Waals surface area contributed by atoms with Crippen molar-refractivity contribution >= 4 is 0 Å². The fraction of sp³-hybridized carbons (Fsp3) is 0.0270. The summed E-state index contributed by atoms with van der Waals surface area (Å²) >= 11 is 0. The Bertz CT molecular complexity index is 1670. The van der Waals surface area contributed by atoms with Crippen LogP contribution in [0, 0.1) is 11.6 Å². The quantitative estimate of drug-likeness (QED) is 0.207. The first-order chi connectivity index (χ1) is 20.0. The molecule has 0 unspecified atom stereocenters. The van der Waals surface area contributed by atoms with Crippen LogP contribution >= 0.6 is 0 Å². The Balaban J connectivity index is 1.71. The molecular weight excluding hydrogens is 514 g/mol. The lowest BCUT2D eigenvalue weighted by Crippen LogP contribution is -2.31. The number of hydrogen-bond donors (Lipinski definition) is 2. The van der Waals surface area contributed by atoms with Gasteiger partial charge in [-0.1, -0.05) is 146 Å². The highest BCUT2D eigenvalue weighted by atomic mass is 19.1. The summed E-state index contributed by atoms with van der Waals surface area (Å²) in [4.78, 5) is 0. The third-order valence-corrected chi connectivity index (χ3v) is 7.62. The minimum Gasteiger partial charge on any atom is -0.505 e. The second-order valence-electron chi connectivity index (χ2n) is 9.86. The number of rotatable bonds is 6. The lowest BCUT2D eigenvalue weighted by atomic mass is 9.64. The first-order valence-electron chi connectivity index (χ1n) is 13.3. The number of hydrogen-bond acceptors (Lipinski definition) is 2. The van der Waals surface area contributed by atoms with E-state index in [9.17, 15) is 10.2 Å². The van der Waals surface area contributed by atoms with Gasteiger partial charge in [0.15, 0.2) is 23.1 Å². The van der Waals surface area contributed by atoms with Gasteiger partial charge >= 0.3 is 0 Å². The molecule has 6 aromatic rings. The zero-order chi connectivity index (χ0) is 28.4. The monoisotopic (exact) mass is 540 g/mol. The molecule has 0 aliphatic carbocycles. The van der Waals surface area contributed by atoms with Crippen LogP contribution in [0.1, 0.15) is 22.3 Å². The van der Waals surface area contributed by atoms with Crippen molar-refractivity contribution in [3.8, 4) is 33.8 Å². The SMILES string of the molecule is Oc1c(C(c2ccccc2)(c2ccccc2)c2ccc(-c3ccccc3)c(F)c2O)ccc(-c2ccccc2)c1F. The standard InChI is InChI=1S/C37H26F2O2/c38-33-29(25-13-5-1-6-14-25)21-23-31(35(33)40)37(27-17-9-3-10-18-27,28-19-11-4-12-20-28)32-24-22-30(34(39)36(32)41)26-15-7-2-8-16-26/h1-24,40-41H. The summed E-state index contributed by atoms with van der Waals surface area (Å²) in [7, 11) is 0. The van der Waals surface area contributed by atoms with Crippen LogP contribution in [0.4, 0.5) is 8.78 Å². The predicted octanol–water partition coefficient (Wildman–Crippen LogP) is 9.09. The molecule has 0 fully saturated rings. The van der Waals surface area contributed by atoms with Crippen LogP contribution < -0.4 is 0 Å². The molecule has 6 rings (SSSR count). The molecule has 0 saturated heterocycles. The molecule has 2 N–H and O–H groups in total. The topological polar surface area (TPSA) is 40.5 Å². The Morgan fingerprint density at radius 1 is 0.390 bits per heavy atom. The van der Waals surface area contributed by atoms with Crippen molar-refractivity contribution in [1.29, 1.82) is 0 Å². The van der Waals surface area contributed by atoms with Crippen molar-refractivity contribution in [2.45, 2.75) is 5.41 Å². The molecule has 0 aromatic heterocycles. The third kappa shape index (κ3) is 4.34. The number of phenols is 2. The maximum Gasteiger partial charge on any atom is 0.172 e. The van der Waals surface area contributed by atoms with Crippen LogP contribution in [-0.4, -0.2) is 10.2 Å². The molecule has 0 spiro atoms. The Morgan fingerprint density at radius 2 is 0.707 bits per heavy atom. The Kier molecular flexibility index (Phi) is 6.82. The van der Waals surface area contributed by atoms with Crippen LogP contribution in [0.15, 0.2) is 146 Å². The van der Waals surface area contributed by atoms with Gasteiger partial charge in [0, 0.05) is 22.3 Å². The third-order valence-electron chi connectivity index (χ3n) is 7.62. The Labute approximate surface area is 237 Å². The van der Waals surface area contributed by atoms with Crippen LogP contribution in [0.25, 0.3) is 22.3 Å². The van der Waals surface area contributed by atoms with Gasteiger partial charge in [0.1, 0.15) is 0 Å². The van der Waals surface area contributed by atoms with Crippen LogP contribution in [-0.2, 0) is 5.41 Å². The van der Waals surface area contributed by atoms with E-state index in [-0.39, 0.29) is 22.3 Å². The molecule has 0 aliphatic heterocycles. The molecule has 0 heterocycles. The lowest BCUT2D eigenvalue weighted by Gasteiger charge is -2.37. The van der Waals surface area contributed by atoms with Crippen molar-refractivity contribution in [1.82, 2.24) is 0 Å². The molecule has 0 aliphatic rings. The van der Waals surface area contributed by atoms with Crippen molar-refractivity contribution in [2.75, 3.05) is 0 Å². The summed E-state index contributed by atoms with van der Waals surface area (Å²) < 4.78 is 32.2. The van der Waals surface area contributed by atoms with Gasteiger partial charge in [0.2, 0.25) is 0 Å². The zero-order valence-corrected chi connectivity index (χ0v) is 22.0. The van der Waals surface area contributed by atoms with Gasteiger partial charge in [-0.15, -0.1) is 0 Å². The Morgan fingerprint density at radius 3 is 1.05 bits per heavy atom. The van der Waals surface area contributed by atoms with E-state index in [1.807, 2.05) is 72.8 Å². The number of aromatic hydroxyl groups is 2. The van der Waals surface area contributed by atoms with Gasteiger partial charge in [0.05, 0.1) is 5.41 Å². The molecular formula is C37H26F2O2. The molecule has 41 heavy (non-hydrogen) atoms. The zero-order valence-electron chi connectivity index (χ0n) is 22.0. The van der Waals surface area contributed by atoms with Crippen molar-refractivity contribution in [3.63, 3.8) is 0 Å². The van der Waals surface area contributed by atoms with Gasteiger partial charge in [-0.05, 0) is 22.3 Å². The summed E-state index contributed by atoms with van der Waals surface area (Å²) in [5, 5.41) is 23.2. The average molecular weight is 541 g/mol. The minimum atomic E-state index is -1.47. The normalized spacial score (nSPS) is 11.4. The van der Waals surface area contributed by atoms with E-state index in [1.165, 1.54) is 0 Å². The number of halogens is 2. The fourth-order valence-corrected chi connectivity index (χ4v) is 5.73. The van der Waals surface area contributed by atoms with E-state index in [0.29, 0.717) is 22.3 Å². The molecule has 6 aromatic carbocycles. The molecule has 2 nitrogen and oxygen atoms in total. The molecule has 0 atom stereocenters. The first kappa shape index (κ1) is 26.0. The van der Waals surface area contributed by atoms with Gasteiger partial charge in [-0.3, -0.25) is 0 Å². The summed E-state index contributed by atoms with van der Waals surface area (Å²) in [5.74, 6) is -2.76. The highest BCUT2D eigenvalue weighted by Crippen LogP contribution is 2.53. The van der Waals surface area contributed by atoms with E-state index in [0.717, 1.165) is 0 Å². The first-order valence-corrected chi connectivity index (χ1v) is 13.3. The van der Waals surface area contributed by atoms with Crippen molar-refractivity contribution in [3.05, 3.63) is 179 Å². The maximum atomic E-state index is 16.1. The van der Waals surface area contributed by atoms with Gasteiger partial charge in [-0.2, -0.15) is 0 Å². The summed E-state index contributed by atoms with van der Waals surface area (Å²) in [6.07, 6.45) is 0. The van der Waals surface area contributed by atoms with Gasteiger partial charge in [-0.25, -0.2) is 8.78 Å². The molecule has 0 saturated carbocycles. The van der Waals surface area contributed by atoms with Crippen LogP contribution in [0.5, 0.6) is 11.5 Å². The van der Waals surface area contributed by atoms with E-state index < -0.39 is 28.5 Å². The van der Waals surface area contributed by atoms with Crippen molar-refractivity contribution in [2.24, 2.45) is 0 Å². The highest BCUT2D eigenvalue weighted by molar-refractivity contribution is 5.74. The predicted molar refractivity (Wildman–Crippen MR) is 159 cm³/mol. The molecule has 0 amide bonds. The molecule has 4 heteroatoms. The average Bonchev–Trinajstić information content (AvgIpc) is 3.03. The summed E-state index contributed by atoms with van der Waals surface area (Å²) in [6, 6.07) is 42.8. The second kappa shape index (κ2) is 10.7. The largest absolute Gasteiger partial charge is 0.505 e. The van der Waals surface area contributed by atoms with E-state index >= 15 is 8.78 Å². The number of benzene rings is 6. The van der Waals surface area contributed by atoms with Gasteiger partial charge in [0.25, 0.3) is 0 Å². The van der Waals surface area contributed by atoms with Crippen LogP contribution in [0.3, 0.4) is 0 Å². The second-order valence-corrected chi connectivity index (χ2v) is 9.86. The minimum absolute atomic E-state index is 0.175.